The molecule has 4 rings (SSSR count). The molecule has 162 valence electrons. The Kier molecular flexibility index (Phi) is 6.48. The van der Waals surface area contributed by atoms with Crippen molar-refractivity contribution in [3.63, 3.8) is 0 Å². The van der Waals surface area contributed by atoms with Crippen molar-refractivity contribution in [3.8, 4) is 11.5 Å². The van der Waals surface area contributed by atoms with E-state index in [4.69, 9.17) is 4.74 Å². The first-order valence-electron chi connectivity index (χ1n) is 9.62. The molecule has 0 unspecified atom stereocenters. The second-order valence-corrected chi connectivity index (χ2v) is 9.29. The SMILES string of the molecule is O=C(NCc1ccc(Oc2ccccc2)cc1)c1ccc(S(=O)(=O)Nc2nccs2)cc1. The zero-order valence-corrected chi connectivity index (χ0v) is 18.4. The minimum Gasteiger partial charge on any atom is -0.457 e. The molecule has 0 aliphatic heterocycles. The number of hydrogen-bond donors (Lipinski definition) is 2. The van der Waals surface area contributed by atoms with E-state index in [-0.39, 0.29) is 15.9 Å². The molecule has 0 atom stereocenters. The summed E-state index contributed by atoms with van der Waals surface area (Å²) in [7, 11) is -3.75. The molecule has 3 aromatic carbocycles. The third-order valence-corrected chi connectivity index (χ3v) is 6.61. The Bertz CT molecular complexity index is 1270. The van der Waals surface area contributed by atoms with Crippen molar-refractivity contribution in [1.29, 1.82) is 0 Å². The van der Waals surface area contributed by atoms with Gasteiger partial charge in [-0.3, -0.25) is 9.52 Å². The quantitative estimate of drug-likeness (QED) is 0.394. The maximum absolute atomic E-state index is 12.4. The van der Waals surface area contributed by atoms with Crippen LogP contribution in [0, 0.1) is 0 Å². The van der Waals surface area contributed by atoms with Gasteiger partial charge in [-0.05, 0) is 54.1 Å². The Hall–Kier alpha value is -3.69. The van der Waals surface area contributed by atoms with E-state index in [2.05, 4.69) is 15.0 Å². The number of hydrogen-bond acceptors (Lipinski definition) is 6. The molecule has 0 saturated carbocycles. The lowest BCUT2D eigenvalue weighted by atomic mass is 10.2. The van der Waals surface area contributed by atoms with Gasteiger partial charge in [-0.25, -0.2) is 13.4 Å². The van der Waals surface area contributed by atoms with Gasteiger partial charge in [0.25, 0.3) is 15.9 Å². The van der Waals surface area contributed by atoms with Crippen LogP contribution in [-0.2, 0) is 16.6 Å². The van der Waals surface area contributed by atoms with Crippen molar-refractivity contribution in [2.75, 3.05) is 4.72 Å². The molecule has 1 amide bonds. The highest BCUT2D eigenvalue weighted by Gasteiger charge is 2.16. The van der Waals surface area contributed by atoms with Crippen LogP contribution in [0.5, 0.6) is 11.5 Å². The van der Waals surface area contributed by atoms with Gasteiger partial charge in [0.1, 0.15) is 11.5 Å². The number of benzene rings is 3. The third-order valence-electron chi connectivity index (χ3n) is 4.44. The molecule has 7 nitrogen and oxygen atoms in total. The van der Waals surface area contributed by atoms with Gasteiger partial charge >= 0.3 is 0 Å². The zero-order chi connectivity index (χ0) is 22.4. The molecular formula is C23H19N3O4S2. The summed E-state index contributed by atoms with van der Waals surface area (Å²) in [6.45, 7) is 0.329. The molecule has 32 heavy (non-hydrogen) atoms. The van der Waals surface area contributed by atoms with Crippen LogP contribution in [0.1, 0.15) is 15.9 Å². The number of ether oxygens (including phenoxy) is 1. The van der Waals surface area contributed by atoms with Gasteiger partial charge in [0.2, 0.25) is 0 Å². The standard InChI is InChI=1S/C23H19N3O4S2/c27-22(18-8-12-21(13-9-18)32(28,29)26-23-24-14-15-31-23)25-16-17-6-10-20(11-7-17)30-19-4-2-1-3-5-19/h1-15H,16H2,(H,24,26)(H,25,27). The largest absolute Gasteiger partial charge is 0.457 e. The van der Waals surface area contributed by atoms with Crippen LogP contribution in [0.3, 0.4) is 0 Å². The van der Waals surface area contributed by atoms with Gasteiger partial charge < -0.3 is 10.1 Å². The summed E-state index contributed by atoms with van der Waals surface area (Å²) in [6.07, 6.45) is 1.51. The lowest BCUT2D eigenvalue weighted by Gasteiger charge is -2.09. The van der Waals surface area contributed by atoms with Crippen molar-refractivity contribution in [2.24, 2.45) is 0 Å². The second-order valence-electron chi connectivity index (χ2n) is 6.71. The summed E-state index contributed by atoms with van der Waals surface area (Å²) in [4.78, 5) is 16.4. The van der Waals surface area contributed by atoms with E-state index >= 15 is 0 Å². The highest BCUT2D eigenvalue weighted by atomic mass is 32.2. The lowest BCUT2D eigenvalue weighted by Crippen LogP contribution is -2.23. The fourth-order valence-electron chi connectivity index (χ4n) is 2.82. The Morgan fingerprint density at radius 2 is 1.59 bits per heavy atom. The van der Waals surface area contributed by atoms with E-state index in [1.54, 1.807) is 5.38 Å². The van der Waals surface area contributed by atoms with Gasteiger partial charge in [-0.2, -0.15) is 0 Å². The number of amides is 1. The summed E-state index contributed by atoms with van der Waals surface area (Å²) in [6, 6.07) is 22.6. The number of carbonyl (C=O) groups is 1. The van der Waals surface area contributed by atoms with E-state index in [9.17, 15) is 13.2 Å². The van der Waals surface area contributed by atoms with E-state index in [0.717, 1.165) is 11.3 Å². The molecule has 0 aliphatic rings. The number of carbonyl (C=O) groups excluding carboxylic acids is 1. The number of nitrogens with zero attached hydrogens (tertiary/aromatic N) is 1. The van der Waals surface area contributed by atoms with Crippen LogP contribution in [0.2, 0.25) is 0 Å². The Labute approximate surface area is 189 Å². The first kappa shape index (κ1) is 21.5. The smallest absolute Gasteiger partial charge is 0.263 e. The van der Waals surface area contributed by atoms with E-state index in [1.807, 2.05) is 54.6 Å². The lowest BCUT2D eigenvalue weighted by molar-refractivity contribution is 0.0951. The van der Waals surface area contributed by atoms with Crippen LogP contribution in [0.4, 0.5) is 5.13 Å². The summed E-state index contributed by atoms with van der Waals surface area (Å²) in [5.74, 6) is 1.15. The molecule has 0 radical (unpaired) electrons. The van der Waals surface area contributed by atoms with Crippen molar-refractivity contribution >= 4 is 32.4 Å². The molecule has 9 heteroatoms. The summed E-state index contributed by atoms with van der Waals surface area (Å²) < 4.78 is 32.9. The second kappa shape index (κ2) is 9.63. The number of para-hydroxylation sites is 1. The monoisotopic (exact) mass is 465 g/mol. The molecule has 0 spiro atoms. The van der Waals surface area contributed by atoms with Gasteiger partial charge in [0.15, 0.2) is 5.13 Å². The van der Waals surface area contributed by atoms with Gasteiger partial charge in [0.05, 0.1) is 4.90 Å². The first-order chi connectivity index (χ1) is 15.5. The fourth-order valence-corrected chi connectivity index (χ4v) is 4.61. The van der Waals surface area contributed by atoms with Crippen molar-refractivity contribution in [1.82, 2.24) is 10.3 Å². The van der Waals surface area contributed by atoms with Gasteiger partial charge in [-0.1, -0.05) is 30.3 Å². The predicted molar refractivity (Wildman–Crippen MR) is 123 cm³/mol. The van der Waals surface area contributed by atoms with Crippen molar-refractivity contribution in [3.05, 3.63) is 102 Å². The number of nitrogens with one attached hydrogen (secondary N) is 2. The molecule has 1 heterocycles. The highest BCUT2D eigenvalue weighted by molar-refractivity contribution is 7.93. The van der Waals surface area contributed by atoms with E-state index in [1.165, 1.54) is 41.8 Å². The topological polar surface area (TPSA) is 97.4 Å². The number of rotatable bonds is 8. The van der Waals surface area contributed by atoms with Crippen LogP contribution >= 0.6 is 11.3 Å². The molecule has 0 saturated heterocycles. The molecule has 0 aliphatic carbocycles. The average Bonchev–Trinajstić information content (AvgIpc) is 3.31. The molecule has 1 aromatic heterocycles. The maximum Gasteiger partial charge on any atom is 0.263 e. The Balaban J connectivity index is 1.33. The van der Waals surface area contributed by atoms with Gasteiger partial charge in [0, 0.05) is 23.7 Å². The van der Waals surface area contributed by atoms with Crippen LogP contribution in [0.15, 0.2) is 95.3 Å². The number of aromatic nitrogens is 1. The zero-order valence-electron chi connectivity index (χ0n) is 16.8. The summed E-state index contributed by atoms with van der Waals surface area (Å²) >= 11 is 1.18. The minimum atomic E-state index is -3.75. The Morgan fingerprint density at radius 1 is 0.906 bits per heavy atom. The fraction of sp³-hybridized carbons (Fsp3) is 0.0435. The molecule has 4 aromatic rings. The Morgan fingerprint density at radius 3 is 2.25 bits per heavy atom. The van der Waals surface area contributed by atoms with Crippen LogP contribution in [-0.4, -0.2) is 19.3 Å². The van der Waals surface area contributed by atoms with Crippen molar-refractivity contribution in [2.45, 2.75) is 11.4 Å². The van der Waals surface area contributed by atoms with E-state index in [0.29, 0.717) is 17.9 Å². The summed E-state index contributed by atoms with van der Waals surface area (Å²) in [5, 5.41) is 4.79. The molecule has 0 fully saturated rings. The normalized spacial score (nSPS) is 11.0. The summed E-state index contributed by atoms with van der Waals surface area (Å²) in [5.41, 5.74) is 1.27. The minimum absolute atomic E-state index is 0.0539. The first-order valence-corrected chi connectivity index (χ1v) is 12.0. The number of anilines is 1. The maximum atomic E-state index is 12.4. The molecule has 0 bridgehead atoms. The van der Waals surface area contributed by atoms with Crippen LogP contribution in [0.25, 0.3) is 0 Å². The molecule has 2 N–H and O–H groups in total. The van der Waals surface area contributed by atoms with Gasteiger partial charge in [-0.15, -0.1) is 11.3 Å². The van der Waals surface area contributed by atoms with Crippen molar-refractivity contribution < 1.29 is 17.9 Å². The van der Waals surface area contributed by atoms with Crippen LogP contribution < -0.4 is 14.8 Å². The van der Waals surface area contributed by atoms with E-state index < -0.39 is 10.0 Å². The average molecular weight is 466 g/mol. The number of thiazole rings is 1. The highest BCUT2D eigenvalue weighted by Crippen LogP contribution is 2.21. The predicted octanol–water partition coefficient (Wildman–Crippen LogP) is 4.67. The third kappa shape index (κ3) is 5.51. The number of sulfonamides is 1. The molecular weight excluding hydrogens is 446 g/mol.